The molecular weight excluding hydrogens is 317 g/mol. The predicted molar refractivity (Wildman–Crippen MR) is 90.9 cm³/mol. The molecule has 1 aromatic heterocycles. The topological polar surface area (TPSA) is 46.9 Å². The number of para-hydroxylation sites is 1. The van der Waals surface area contributed by atoms with Crippen LogP contribution in [0, 0.1) is 18.7 Å². The lowest BCUT2D eigenvalue weighted by atomic mass is 10.2. The number of carbonyl (C=O) groups is 1. The van der Waals surface area contributed by atoms with E-state index in [1.807, 2.05) is 6.92 Å². The Hall–Kier alpha value is -2.14. The highest BCUT2D eigenvalue weighted by molar-refractivity contribution is 6.31. The van der Waals surface area contributed by atoms with Gasteiger partial charge in [0.25, 0.3) is 0 Å². The number of nitrogens with zero attached hydrogens (tertiary/aromatic N) is 2. The first kappa shape index (κ1) is 17.2. The van der Waals surface area contributed by atoms with Crippen LogP contribution >= 0.6 is 11.6 Å². The smallest absolute Gasteiger partial charge is 0.248 e. The number of aryl methyl sites for hydroxylation is 1. The zero-order valence-corrected chi connectivity index (χ0v) is 14.1. The maximum absolute atomic E-state index is 13.5. The number of amides is 1. The molecule has 0 bridgehead atoms. The highest BCUT2D eigenvalue weighted by Crippen LogP contribution is 2.22. The summed E-state index contributed by atoms with van der Waals surface area (Å²) in [5.74, 6) is -0.497. The van der Waals surface area contributed by atoms with E-state index in [-0.39, 0.29) is 5.69 Å². The van der Waals surface area contributed by atoms with Gasteiger partial charge in [0.2, 0.25) is 5.91 Å². The van der Waals surface area contributed by atoms with E-state index in [4.69, 9.17) is 11.6 Å². The molecule has 0 aliphatic carbocycles. The summed E-state index contributed by atoms with van der Waals surface area (Å²) in [6.07, 6.45) is 2.92. The van der Waals surface area contributed by atoms with Crippen molar-refractivity contribution in [2.45, 2.75) is 27.3 Å². The highest BCUT2D eigenvalue weighted by atomic mass is 35.5. The first-order valence-electron chi connectivity index (χ1n) is 7.35. The lowest BCUT2D eigenvalue weighted by Crippen LogP contribution is -2.09. The van der Waals surface area contributed by atoms with Gasteiger partial charge in [-0.25, -0.2) is 4.39 Å². The molecule has 0 atom stereocenters. The van der Waals surface area contributed by atoms with Gasteiger partial charge in [-0.05, 0) is 31.1 Å². The first-order valence-corrected chi connectivity index (χ1v) is 7.72. The number of carbonyl (C=O) groups excluding carboxylic acids is 1. The molecule has 0 aliphatic rings. The largest absolute Gasteiger partial charge is 0.320 e. The van der Waals surface area contributed by atoms with E-state index in [2.05, 4.69) is 24.3 Å². The van der Waals surface area contributed by atoms with Crippen LogP contribution in [0.2, 0.25) is 5.15 Å². The molecule has 0 radical (unpaired) electrons. The van der Waals surface area contributed by atoms with E-state index in [1.54, 1.807) is 22.9 Å². The van der Waals surface area contributed by atoms with Crippen molar-refractivity contribution in [2.75, 3.05) is 5.32 Å². The molecule has 0 aliphatic heterocycles. The van der Waals surface area contributed by atoms with Gasteiger partial charge in [-0.15, -0.1) is 0 Å². The Kier molecular flexibility index (Phi) is 5.55. The SMILES string of the molecule is Cc1nn(CC(C)C)c(Cl)c1/C=C/C(=O)Nc1ccccc1F. The van der Waals surface area contributed by atoms with Crippen LogP contribution in [-0.4, -0.2) is 15.7 Å². The zero-order valence-electron chi connectivity index (χ0n) is 13.3. The Morgan fingerprint density at radius 3 is 2.78 bits per heavy atom. The summed E-state index contributed by atoms with van der Waals surface area (Å²) < 4.78 is 15.2. The third kappa shape index (κ3) is 4.42. The molecule has 0 saturated carbocycles. The minimum absolute atomic E-state index is 0.139. The molecule has 0 unspecified atom stereocenters. The number of hydrogen-bond acceptors (Lipinski definition) is 2. The minimum atomic E-state index is -0.479. The van der Waals surface area contributed by atoms with Crippen molar-refractivity contribution in [3.63, 3.8) is 0 Å². The Balaban J connectivity index is 2.12. The third-order valence-electron chi connectivity index (χ3n) is 3.18. The first-order chi connectivity index (χ1) is 10.9. The van der Waals surface area contributed by atoms with Gasteiger partial charge in [-0.2, -0.15) is 5.10 Å². The van der Waals surface area contributed by atoms with Gasteiger partial charge in [0.1, 0.15) is 11.0 Å². The fourth-order valence-corrected chi connectivity index (χ4v) is 2.43. The van der Waals surface area contributed by atoms with Gasteiger partial charge < -0.3 is 5.32 Å². The van der Waals surface area contributed by atoms with Crippen LogP contribution in [0.25, 0.3) is 6.08 Å². The second-order valence-corrected chi connectivity index (χ2v) is 6.03. The molecule has 0 fully saturated rings. The molecule has 1 amide bonds. The predicted octanol–water partition coefficient (Wildman–Crippen LogP) is 4.29. The molecule has 1 aromatic carbocycles. The van der Waals surface area contributed by atoms with Crippen LogP contribution in [-0.2, 0) is 11.3 Å². The zero-order chi connectivity index (χ0) is 17.0. The third-order valence-corrected chi connectivity index (χ3v) is 3.58. The Morgan fingerprint density at radius 1 is 1.43 bits per heavy atom. The van der Waals surface area contributed by atoms with Crippen molar-refractivity contribution in [2.24, 2.45) is 5.92 Å². The number of benzene rings is 1. The molecule has 0 saturated heterocycles. The summed E-state index contributed by atoms with van der Waals surface area (Å²) in [5, 5.41) is 7.35. The number of anilines is 1. The average Bonchev–Trinajstić information content (AvgIpc) is 2.73. The second kappa shape index (κ2) is 7.42. The van der Waals surface area contributed by atoms with Gasteiger partial charge in [0, 0.05) is 18.2 Å². The molecule has 2 rings (SSSR count). The second-order valence-electron chi connectivity index (χ2n) is 5.67. The Labute approximate surface area is 140 Å². The Morgan fingerprint density at radius 2 is 2.13 bits per heavy atom. The Bertz CT molecular complexity index is 737. The summed E-state index contributed by atoms with van der Waals surface area (Å²) in [7, 11) is 0. The van der Waals surface area contributed by atoms with Crippen LogP contribution in [0.4, 0.5) is 10.1 Å². The van der Waals surface area contributed by atoms with Crippen LogP contribution in [0.5, 0.6) is 0 Å². The van der Waals surface area contributed by atoms with Gasteiger partial charge in [-0.3, -0.25) is 9.48 Å². The molecule has 2 aromatic rings. The van der Waals surface area contributed by atoms with Crippen molar-refractivity contribution >= 4 is 29.3 Å². The highest BCUT2D eigenvalue weighted by Gasteiger charge is 2.12. The summed E-state index contributed by atoms with van der Waals surface area (Å²) in [6.45, 7) is 6.68. The molecule has 6 heteroatoms. The van der Waals surface area contributed by atoms with E-state index >= 15 is 0 Å². The monoisotopic (exact) mass is 335 g/mol. The van der Waals surface area contributed by atoms with Crippen LogP contribution in [0.1, 0.15) is 25.1 Å². The molecule has 1 heterocycles. The lowest BCUT2D eigenvalue weighted by molar-refractivity contribution is -0.111. The van der Waals surface area contributed by atoms with Gasteiger partial charge in [0.15, 0.2) is 0 Å². The van der Waals surface area contributed by atoms with Crippen molar-refractivity contribution in [3.05, 3.63) is 52.6 Å². The average molecular weight is 336 g/mol. The maximum Gasteiger partial charge on any atom is 0.248 e. The summed E-state index contributed by atoms with van der Waals surface area (Å²) in [6, 6.07) is 6.00. The summed E-state index contributed by atoms with van der Waals surface area (Å²) in [5.41, 5.74) is 1.57. The molecule has 122 valence electrons. The molecule has 0 spiro atoms. The van der Waals surface area contributed by atoms with E-state index in [0.29, 0.717) is 23.2 Å². The van der Waals surface area contributed by atoms with E-state index in [9.17, 15) is 9.18 Å². The molecular formula is C17H19ClFN3O. The number of aromatic nitrogens is 2. The number of halogens is 2. The molecule has 1 N–H and O–H groups in total. The van der Waals surface area contributed by atoms with Gasteiger partial charge in [0.05, 0.1) is 11.4 Å². The van der Waals surface area contributed by atoms with Crippen molar-refractivity contribution in [3.8, 4) is 0 Å². The van der Waals surface area contributed by atoms with Crippen molar-refractivity contribution in [1.82, 2.24) is 9.78 Å². The van der Waals surface area contributed by atoms with E-state index in [1.165, 1.54) is 18.2 Å². The maximum atomic E-state index is 13.5. The quantitative estimate of drug-likeness (QED) is 0.828. The standard InChI is InChI=1S/C17H19ClFN3O/c1-11(2)10-22-17(18)13(12(3)21-22)8-9-16(23)20-15-7-5-4-6-14(15)19/h4-9,11H,10H2,1-3H3,(H,20,23)/b9-8+. The molecule has 4 nitrogen and oxygen atoms in total. The number of nitrogens with one attached hydrogen (secondary N) is 1. The summed E-state index contributed by atoms with van der Waals surface area (Å²) in [4.78, 5) is 11.9. The van der Waals surface area contributed by atoms with Crippen molar-refractivity contribution < 1.29 is 9.18 Å². The lowest BCUT2D eigenvalue weighted by Gasteiger charge is -2.05. The number of hydrogen-bond donors (Lipinski definition) is 1. The van der Waals surface area contributed by atoms with Gasteiger partial charge >= 0.3 is 0 Å². The van der Waals surface area contributed by atoms with E-state index in [0.717, 1.165) is 5.69 Å². The van der Waals surface area contributed by atoms with Crippen molar-refractivity contribution in [1.29, 1.82) is 0 Å². The summed E-state index contributed by atoms with van der Waals surface area (Å²) >= 11 is 6.30. The number of rotatable bonds is 5. The van der Waals surface area contributed by atoms with E-state index < -0.39 is 11.7 Å². The van der Waals surface area contributed by atoms with Gasteiger partial charge in [-0.1, -0.05) is 37.6 Å². The fraction of sp³-hybridized carbons (Fsp3) is 0.294. The minimum Gasteiger partial charge on any atom is -0.320 e. The normalized spacial score (nSPS) is 11.4. The van der Waals surface area contributed by atoms with Crippen LogP contribution in [0.3, 0.4) is 0 Å². The van der Waals surface area contributed by atoms with Crippen LogP contribution in [0.15, 0.2) is 30.3 Å². The van der Waals surface area contributed by atoms with Crippen LogP contribution < -0.4 is 5.32 Å². The fourth-order valence-electron chi connectivity index (χ4n) is 2.12. The molecule has 23 heavy (non-hydrogen) atoms.